The van der Waals surface area contributed by atoms with Crippen molar-refractivity contribution >= 4 is 27.6 Å². The average Bonchev–Trinajstić information content (AvgIpc) is 2.84. The lowest BCUT2D eigenvalue weighted by Gasteiger charge is -2.31. The Morgan fingerprint density at radius 1 is 1.06 bits per heavy atom. The molecule has 2 aromatic carbocycles. The van der Waals surface area contributed by atoms with Crippen LogP contribution in [0.2, 0.25) is 0 Å². The summed E-state index contributed by atoms with van der Waals surface area (Å²) >= 11 is 0. The second kappa shape index (κ2) is 10.7. The van der Waals surface area contributed by atoms with E-state index in [4.69, 9.17) is 14.2 Å². The first-order valence-corrected chi connectivity index (χ1v) is 12.0. The molecule has 0 spiro atoms. The maximum absolute atomic E-state index is 13.2. The number of benzene rings is 2. The van der Waals surface area contributed by atoms with Gasteiger partial charge in [0.05, 0.1) is 37.2 Å². The number of amides is 1. The number of esters is 1. The van der Waals surface area contributed by atoms with Crippen molar-refractivity contribution in [2.45, 2.75) is 24.7 Å². The van der Waals surface area contributed by atoms with Crippen LogP contribution < -0.4 is 14.8 Å². The van der Waals surface area contributed by atoms with Gasteiger partial charge in [-0.2, -0.15) is 4.31 Å². The van der Waals surface area contributed by atoms with E-state index in [1.54, 1.807) is 37.3 Å². The van der Waals surface area contributed by atoms with Crippen LogP contribution in [0.5, 0.6) is 11.5 Å². The number of piperidine rings is 1. The van der Waals surface area contributed by atoms with Crippen LogP contribution in [0.3, 0.4) is 0 Å². The summed E-state index contributed by atoms with van der Waals surface area (Å²) in [5.74, 6) is -0.458. The van der Waals surface area contributed by atoms with Gasteiger partial charge >= 0.3 is 5.97 Å². The van der Waals surface area contributed by atoms with Crippen LogP contribution in [-0.2, 0) is 19.6 Å². The van der Waals surface area contributed by atoms with Crippen LogP contribution in [0.4, 0.5) is 5.69 Å². The van der Waals surface area contributed by atoms with Gasteiger partial charge in [-0.25, -0.2) is 13.2 Å². The van der Waals surface area contributed by atoms with Gasteiger partial charge in [-0.3, -0.25) is 4.79 Å². The molecule has 1 N–H and O–H groups in total. The van der Waals surface area contributed by atoms with E-state index in [1.807, 2.05) is 0 Å². The maximum Gasteiger partial charge on any atom is 0.338 e. The third kappa shape index (κ3) is 5.63. The minimum absolute atomic E-state index is 0.0728. The van der Waals surface area contributed by atoms with E-state index in [2.05, 4.69) is 5.32 Å². The number of ether oxygens (including phenoxy) is 3. The molecule has 0 aliphatic carbocycles. The van der Waals surface area contributed by atoms with Crippen molar-refractivity contribution in [3.63, 3.8) is 0 Å². The Kier molecular flexibility index (Phi) is 7.93. The smallest absolute Gasteiger partial charge is 0.338 e. The van der Waals surface area contributed by atoms with E-state index in [9.17, 15) is 18.0 Å². The minimum atomic E-state index is -3.81. The van der Waals surface area contributed by atoms with Crippen LogP contribution in [0, 0.1) is 5.92 Å². The van der Waals surface area contributed by atoms with Gasteiger partial charge in [0.2, 0.25) is 15.9 Å². The van der Waals surface area contributed by atoms with Crippen molar-refractivity contribution < 1.29 is 32.2 Å². The quantitative estimate of drug-likeness (QED) is 0.583. The lowest BCUT2D eigenvalue weighted by molar-refractivity contribution is -0.120. The first-order valence-electron chi connectivity index (χ1n) is 10.6. The number of methoxy groups -OCH3 is 2. The Morgan fingerprint density at radius 2 is 1.76 bits per heavy atom. The molecule has 1 fully saturated rings. The summed E-state index contributed by atoms with van der Waals surface area (Å²) in [4.78, 5) is 24.7. The Bertz CT molecular complexity index is 1100. The van der Waals surface area contributed by atoms with Crippen LogP contribution in [0.25, 0.3) is 0 Å². The van der Waals surface area contributed by atoms with E-state index in [1.165, 1.54) is 30.7 Å². The molecule has 1 aliphatic heterocycles. The number of nitrogens with zero attached hydrogens (tertiary/aromatic N) is 1. The molecule has 1 heterocycles. The third-order valence-corrected chi connectivity index (χ3v) is 7.27. The second-order valence-corrected chi connectivity index (χ2v) is 9.44. The molecule has 0 radical (unpaired) electrons. The maximum atomic E-state index is 13.2. The van der Waals surface area contributed by atoms with Crippen LogP contribution >= 0.6 is 0 Å². The number of anilines is 1. The zero-order chi connectivity index (χ0) is 24.0. The first-order chi connectivity index (χ1) is 15.8. The van der Waals surface area contributed by atoms with Crippen molar-refractivity contribution in [1.82, 2.24) is 4.31 Å². The molecule has 178 valence electrons. The monoisotopic (exact) mass is 476 g/mol. The predicted octanol–water partition coefficient (Wildman–Crippen LogP) is 2.92. The summed E-state index contributed by atoms with van der Waals surface area (Å²) in [6.45, 7) is 2.41. The predicted molar refractivity (Wildman–Crippen MR) is 122 cm³/mol. The molecule has 1 amide bonds. The fourth-order valence-corrected chi connectivity index (χ4v) is 5.19. The highest BCUT2D eigenvalue weighted by Gasteiger charge is 2.34. The number of carbonyl (C=O) groups excluding carboxylic acids is 2. The molecule has 3 rings (SSSR count). The fourth-order valence-electron chi connectivity index (χ4n) is 3.65. The second-order valence-electron chi connectivity index (χ2n) is 7.51. The van der Waals surface area contributed by atoms with Crippen molar-refractivity contribution in [3.8, 4) is 11.5 Å². The molecular weight excluding hydrogens is 448 g/mol. The van der Waals surface area contributed by atoms with Crippen molar-refractivity contribution in [1.29, 1.82) is 0 Å². The number of nitrogens with one attached hydrogen (secondary N) is 1. The van der Waals surface area contributed by atoms with E-state index in [0.29, 0.717) is 42.1 Å². The van der Waals surface area contributed by atoms with Crippen molar-refractivity contribution in [3.05, 3.63) is 48.0 Å². The molecule has 2 aromatic rings. The van der Waals surface area contributed by atoms with E-state index in [-0.39, 0.29) is 24.0 Å². The number of carbonyl (C=O) groups is 2. The molecule has 1 saturated heterocycles. The van der Waals surface area contributed by atoms with Crippen molar-refractivity contribution in [2.24, 2.45) is 5.92 Å². The summed E-state index contributed by atoms with van der Waals surface area (Å²) in [6.07, 6.45) is 1.14. The Labute approximate surface area is 193 Å². The summed E-state index contributed by atoms with van der Waals surface area (Å²) in [7, 11) is -0.897. The minimum Gasteiger partial charge on any atom is -0.493 e. The van der Waals surface area contributed by atoms with E-state index in [0.717, 1.165) is 0 Å². The summed E-state index contributed by atoms with van der Waals surface area (Å²) in [5.41, 5.74) is 0.910. The summed E-state index contributed by atoms with van der Waals surface area (Å²) < 4.78 is 43.0. The first kappa shape index (κ1) is 24.5. The molecule has 0 unspecified atom stereocenters. The van der Waals surface area contributed by atoms with Gasteiger partial charge in [0.25, 0.3) is 0 Å². The van der Waals surface area contributed by atoms with Gasteiger partial charge in [-0.05, 0) is 56.2 Å². The Balaban J connectivity index is 1.69. The lowest BCUT2D eigenvalue weighted by atomic mass is 9.98. The average molecular weight is 477 g/mol. The number of sulfonamides is 1. The standard InChI is InChI=1S/C23H28N2O7S/c1-4-32-23(27)16-7-9-18(10-8-16)24-22(26)17-6-5-13-25(15-17)33(28,29)19-11-12-20(30-2)21(14-19)31-3/h7-12,14,17H,4-6,13,15H2,1-3H3,(H,24,26)/t17-/m1/s1. The van der Waals surface area contributed by atoms with Gasteiger partial charge in [0, 0.05) is 24.8 Å². The lowest BCUT2D eigenvalue weighted by Crippen LogP contribution is -2.43. The summed E-state index contributed by atoms with van der Waals surface area (Å²) in [5, 5.41) is 2.81. The zero-order valence-corrected chi connectivity index (χ0v) is 19.7. The molecule has 1 atom stereocenters. The normalized spacial score (nSPS) is 16.6. The van der Waals surface area contributed by atoms with E-state index < -0.39 is 21.9 Å². The van der Waals surface area contributed by atoms with Crippen LogP contribution in [-0.4, -0.2) is 58.5 Å². The SMILES string of the molecule is CCOC(=O)c1ccc(NC(=O)[C@@H]2CCCN(S(=O)(=O)c3ccc(OC)c(OC)c3)C2)cc1. The molecule has 9 nitrogen and oxygen atoms in total. The molecule has 10 heteroatoms. The molecule has 33 heavy (non-hydrogen) atoms. The van der Waals surface area contributed by atoms with Gasteiger partial charge in [0.1, 0.15) is 0 Å². The molecular formula is C23H28N2O7S. The third-order valence-electron chi connectivity index (χ3n) is 5.41. The summed E-state index contributed by atoms with van der Waals surface area (Å²) in [6, 6.07) is 10.8. The molecule has 1 aliphatic rings. The van der Waals surface area contributed by atoms with Gasteiger partial charge in [-0.1, -0.05) is 0 Å². The van der Waals surface area contributed by atoms with E-state index >= 15 is 0 Å². The number of rotatable bonds is 8. The van der Waals surface area contributed by atoms with Gasteiger partial charge in [-0.15, -0.1) is 0 Å². The highest BCUT2D eigenvalue weighted by atomic mass is 32.2. The fraction of sp³-hybridized carbons (Fsp3) is 0.391. The Morgan fingerprint density at radius 3 is 2.39 bits per heavy atom. The van der Waals surface area contributed by atoms with Crippen LogP contribution in [0.15, 0.2) is 47.4 Å². The van der Waals surface area contributed by atoms with Crippen molar-refractivity contribution in [2.75, 3.05) is 39.2 Å². The molecule has 0 aromatic heterocycles. The van der Waals surface area contributed by atoms with Gasteiger partial charge in [0.15, 0.2) is 11.5 Å². The number of hydrogen-bond donors (Lipinski definition) is 1. The topological polar surface area (TPSA) is 111 Å². The van der Waals surface area contributed by atoms with Crippen LogP contribution in [0.1, 0.15) is 30.1 Å². The molecule has 0 bridgehead atoms. The number of hydrogen-bond acceptors (Lipinski definition) is 7. The highest BCUT2D eigenvalue weighted by molar-refractivity contribution is 7.89. The molecule has 0 saturated carbocycles. The highest BCUT2D eigenvalue weighted by Crippen LogP contribution is 2.32. The Hall–Kier alpha value is -3.11. The largest absolute Gasteiger partial charge is 0.493 e. The van der Waals surface area contributed by atoms with Gasteiger partial charge < -0.3 is 19.5 Å². The zero-order valence-electron chi connectivity index (χ0n) is 18.9.